The molecule has 0 radical (unpaired) electrons. The molecule has 1 aliphatic rings. The van der Waals surface area contributed by atoms with E-state index in [0.717, 1.165) is 18.9 Å². The second-order valence-electron chi connectivity index (χ2n) is 5.20. The maximum absolute atomic E-state index is 12.8. The quantitative estimate of drug-likeness (QED) is 0.780. The van der Waals surface area contributed by atoms with Gasteiger partial charge in [0.2, 0.25) is 5.95 Å². The lowest BCUT2D eigenvalue weighted by Crippen LogP contribution is -2.17. The van der Waals surface area contributed by atoms with Crippen molar-refractivity contribution in [1.29, 1.82) is 0 Å². The first-order chi connectivity index (χ1) is 9.88. The Bertz CT molecular complexity index is 481. The minimum absolute atomic E-state index is 0.0405. The van der Waals surface area contributed by atoms with Gasteiger partial charge in [0.1, 0.15) is 5.82 Å². The fourth-order valence-electron chi connectivity index (χ4n) is 2.40. The maximum atomic E-state index is 12.8. The second-order valence-corrected chi connectivity index (χ2v) is 5.20. The molecule has 1 aromatic heterocycles. The Morgan fingerprint density at radius 3 is 2.62 bits per heavy atom. The van der Waals surface area contributed by atoms with Crippen molar-refractivity contribution in [3.63, 3.8) is 0 Å². The Morgan fingerprint density at radius 1 is 1.29 bits per heavy atom. The average Bonchev–Trinajstić information content (AvgIpc) is 2.81. The van der Waals surface area contributed by atoms with Crippen molar-refractivity contribution in [2.24, 2.45) is 5.92 Å². The Hall–Kier alpha value is -1.57. The summed E-state index contributed by atoms with van der Waals surface area (Å²) in [4.78, 5) is 7.48. The lowest BCUT2D eigenvalue weighted by atomic mass is 10.1. The molecule has 2 unspecified atom stereocenters. The van der Waals surface area contributed by atoms with E-state index in [2.05, 4.69) is 20.6 Å². The van der Waals surface area contributed by atoms with E-state index in [4.69, 9.17) is 0 Å². The lowest BCUT2D eigenvalue weighted by Gasteiger charge is -2.14. The molecule has 0 bridgehead atoms. The smallest absolute Gasteiger partial charge is 0.393 e. The normalized spacial score (nSPS) is 22.3. The van der Waals surface area contributed by atoms with Crippen LogP contribution in [0.3, 0.4) is 0 Å². The molecular formula is C13H19F3N4O. The van der Waals surface area contributed by atoms with Gasteiger partial charge in [0.25, 0.3) is 0 Å². The number of hydrogen-bond donors (Lipinski definition) is 3. The van der Waals surface area contributed by atoms with Crippen molar-refractivity contribution in [3.8, 4) is 0 Å². The largest absolute Gasteiger partial charge is 0.433 e. The number of rotatable bonds is 5. The number of aromatic nitrogens is 2. The third kappa shape index (κ3) is 4.45. The molecule has 0 aliphatic heterocycles. The van der Waals surface area contributed by atoms with Gasteiger partial charge in [-0.3, -0.25) is 0 Å². The van der Waals surface area contributed by atoms with Gasteiger partial charge in [-0.2, -0.15) is 18.2 Å². The molecule has 1 saturated carbocycles. The van der Waals surface area contributed by atoms with Gasteiger partial charge in [-0.25, -0.2) is 4.98 Å². The Morgan fingerprint density at radius 2 is 2.05 bits per heavy atom. The van der Waals surface area contributed by atoms with E-state index in [1.54, 1.807) is 6.92 Å². The van der Waals surface area contributed by atoms with E-state index in [0.29, 0.717) is 19.5 Å². The molecule has 0 spiro atoms. The number of alkyl halides is 3. The molecule has 1 heterocycles. The number of aliphatic hydroxyl groups is 1. The standard InChI is InChI=1S/C13H19F3N4O/c1-2-17-12-19-10(13(14,15)16)6-11(20-12)18-7-8-3-4-9(21)5-8/h6,8-9,21H,2-5,7H2,1H3,(H2,17,18,19,20). The molecule has 1 aliphatic carbocycles. The molecule has 2 rings (SSSR count). The first-order valence-electron chi connectivity index (χ1n) is 7.00. The highest BCUT2D eigenvalue weighted by atomic mass is 19.4. The third-order valence-corrected chi connectivity index (χ3v) is 3.44. The number of aliphatic hydroxyl groups excluding tert-OH is 1. The molecule has 118 valence electrons. The highest BCUT2D eigenvalue weighted by molar-refractivity contribution is 5.43. The van der Waals surface area contributed by atoms with Crippen LogP contribution < -0.4 is 10.6 Å². The first-order valence-corrected chi connectivity index (χ1v) is 7.00. The SMILES string of the molecule is CCNc1nc(NCC2CCC(O)C2)cc(C(F)(F)F)n1. The van der Waals surface area contributed by atoms with Gasteiger partial charge >= 0.3 is 6.18 Å². The lowest BCUT2D eigenvalue weighted by molar-refractivity contribution is -0.141. The number of hydrogen-bond acceptors (Lipinski definition) is 5. The summed E-state index contributed by atoms with van der Waals surface area (Å²) in [6.45, 7) is 2.70. The highest BCUT2D eigenvalue weighted by Crippen LogP contribution is 2.30. The summed E-state index contributed by atoms with van der Waals surface area (Å²) in [5.41, 5.74) is -0.970. The van der Waals surface area contributed by atoms with Gasteiger partial charge in [-0.05, 0) is 32.1 Å². The fourth-order valence-corrected chi connectivity index (χ4v) is 2.40. The zero-order chi connectivity index (χ0) is 15.5. The van der Waals surface area contributed by atoms with E-state index in [1.165, 1.54) is 0 Å². The number of nitrogens with one attached hydrogen (secondary N) is 2. The predicted octanol–water partition coefficient (Wildman–Crippen LogP) is 2.50. The molecule has 0 saturated heterocycles. The molecule has 1 fully saturated rings. The van der Waals surface area contributed by atoms with Crippen LogP contribution in [0.5, 0.6) is 0 Å². The molecule has 1 aromatic rings. The topological polar surface area (TPSA) is 70.1 Å². The Balaban J connectivity index is 2.08. The van der Waals surface area contributed by atoms with Crippen LogP contribution in [-0.2, 0) is 6.18 Å². The van der Waals surface area contributed by atoms with Crippen LogP contribution in [0.2, 0.25) is 0 Å². The maximum Gasteiger partial charge on any atom is 0.433 e. The second kappa shape index (κ2) is 6.46. The minimum Gasteiger partial charge on any atom is -0.393 e. The zero-order valence-corrected chi connectivity index (χ0v) is 11.7. The molecule has 0 aromatic carbocycles. The number of halogens is 3. The summed E-state index contributed by atoms with van der Waals surface area (Å²) in [6, 6.07) is 0.909. The predicted molar refractivity (Wildman–Crippen MR) is 73.0 cm³/mol. The Labute approximate surface area is 121 Å². The van der Waals surface area contributed by atoms with Crippen LogP contribution in [0.4, 0.5) is 24.9 Å². The summed E-state index contributed by atoms with van der Waals surface area (Å²) in [7, 11) is 0. The van der Waals surface area contributed by atoms with Gasteiger partial charge in [0.15, 0.2) is 5.69 Å². The molecule has 2 atom stereocenters. The zero-order valence-electron chi connectivity index (χ0n) is 11.7. The van der Waals surface area contributed by atoms with Gasteiger partial charge in [0, 0.05) is 19.2 Å². The minimum atomic E-state index is -4.51. The van der Waals surface area contributed by atoms with Crippen molar-refractivity contribution in [2.45, 2.75) is 38.5 Å². The Kier molecular flexibility index (Phi) is 4.87. The van der Waals surface area contributed by atoms with Crippen molar-refractivity contribution in [1.82, 2.24) is 9.97 Å². The van der Waals surface area contributed by atoms with Crippen LogP contribution in [-0.4, -0.2) is 34.3 Å². The van der Waals surface area contributed by atoms with Crippen LogP contribution >= 0.6 is 0 Å². The van der Waals surface area contributed by atoms with E-state index in [9.17, 15) is 18.3 Å². The van der Waals surface area contributed by atoms with Crippen LogP contribution in [0.25, 0.3) is 0 Å². The van der Waals surface area contributed by atoms with Crippen molar-refractivity contribution < 1.29 is 18.3 Å². The van der Waals surface area contributed by atoms with Crippen LogP contribution in [0.15, 0.2) is 6.07 Å². The summed E-state index contributed by atoms with van der Waals surface area (Å²) in [6.07, 6.45) is -2.53. The van der Waals surface area contributed by atoms with Gasteiger partial charge in [0.05, 0.1) is 6.10 Å². The third-order valence-electron chi connectivity index (χ3n) is 3.44. The molecule has 8 heteroatoms. The summed E-state index contributed by atoms with van der Waals surface area (Å²) < 4.78 is 38.4. The highest BCUT2D eigenvalue weighted by Gasteiger charge is 2.34. The average molecular weight is 304 g/mol. The summed E-state index contributed by atoms with van der Waals surface area (Å²) in [5.74, 6) is 0.364. The number of anilines is 2. The summed E-state index contributed by atoms with van der Waals surface area (Å²) >= 11 is 0. The number of nitrogens with zero attached hydrogens (tertiary/aromatic N) is 2. The van der Waals surface area contributed by atoms with E-state index in [1.807, 2.05) is 0 Å². The van der Waals surface area contributed by atoms with Gasteiger partial charge < -0.3 is 15.7 Å². The van der Waals surface area contributed by atoms with Gasteiger partial charge in [-0.15, -0.1) is 0 Å². The first kappa shape index (κ1) is 15.8. The fraction of sp³-hybridized carbons (Fsp3) is 0.692. The molecule has 3 N–H and O–H groups in total. The monoisotopic (exact) mass is 304 g/mol. The molecule has 0 amide bonds. The van der Waals surface area contributed by atoms with Crippen molar-refractivity contribution >= 4 is 11.8 Å². The van der Waals surface area contributed by atoms with Crippen molar-refractivity contribution in [3.05, 3.63) is 11.8 Å². The van der Waals surface area contributed by atoms with E-state index >= 15 is 0 Å². The molecule has 5 nitrogen and oxygen atoms in total. The van der Waals surface area contributed by atoms with Crippen molar-refractivity contribution in [2.75, 3.05) is 23.7 Å². The molecule has 21 heavy (non-hydrogen) atoms. The summed E-state index contributed by atoms with van der Waals surface area (Å²) in [5, 5.41) is 15.1. The van der Waals surface area contributed by atoms with E-state index in [-0.39, 0.29) is 23.8 Å². The molecular weight excluding hydrogens is 285 g/mol. The van der Waals surface area contributed by atoms with Crippen LogP contribution in [0.1, 0.15) is 31.9 Å². The van der Waals surface area contributed by atoms with Crippen LogP contribution in [0, 0.1) is 5.92 Å². The van der Waals surface area contributed by atoms with Gasteiger partial charge in [-0.1, -0.05) is 0 Å². The van der Waals surface area contributed by atoms with E-state index < -0.39 is 11.9 Å².